The van der Waals surface area contributed by atoms with E-state index in [0.29, 0.717) is 24.3 Å². The maximum atomic E-state index is 12.9. The van der Waals surface area contributed by atoms with Gasteiger partial charge < -0.3 is 4.74 Å². The number of morpholine rings is 1. The summed E-state index contributed by atoms with van der Waals surface area (Å²) in [6.45, 7) is 4.79. The average Bonchev–Trinajstić information content (AvgIpc) is 2.73. The molecular weight excluding hydrogens is 394 g/mol. The van der Waals surface area contributed by atoms with Crippen molar-refractivity contribution in [2.24, 2.45) is 0 Å². The van der Waals surface area contributed by atoms with Gasteiger partial charge in [0.1, 0.15) is 0 Å². The Hall–Kier alpha value is -2.75. The topological polar surface area (TPSA) is 105 Å². The molecule has 0 unspecified atom stereocenters. The fraction of sp³-hybridized carbons (Fsp3) is 0.300. The van der Waals surface area contributed by atoms with Crippen LogP contribution >= 0.6 is 0 Å². The highest BCUT2D eigenvalue weighted by Gasteiger charge is 2.28. The van der Waals surface area contributed by atoms with Crippen molar-refractivity contribution in [3.8, 4) is 0 Å². The van der Waals surface area contributed by atoms with Crippen molar-refractivity contribution in [3.63, 3.8) is 0 Å². The van der Waals surface area contributed by atoms with Gasteiger partial charge in [0, 0.05) is 24.2 Å². The number of amides is 2. The molecule has 0 spiro atoms. The summed E-state index contributed by atoms with van der Waals surface area (Å²) in [6, 6.07) is 11.3. The summed E-state index contributed by atoms with van der Waals surface area (Å²) in [7, 11) is -3.74. The lowest BCUT2D eigenvalue weighted by Crippen LogP contribution is -2.42. The van der Waals surface area contributed by atoms with Gasteiger partial charge in [0.2, 0.25) is 10.0 Å². The summed E-state index contributed by atoms with van der Waals surface area (Å²) in [5.41, 5.74) is 6.74. The van der Waals surface area contributed by atoms with Gasteiger partial charge in [-0.3, -0.25) is 20.4 Å². The Bertz CT molecular complexity index is 1010. The van der Waals surface area contributed by atoms with Crippen LogP contribution in [0.25, 0.3) is 0 Å². The van der Waals surface area contributed by atoms with Crippen molar-refractivity contribution in [2.75, 3.05) is 26.3 Å². The molecule has 29 heavy (non-hydrogen) atoms. The zero-order chi connectivity index (χ0) is 21.0. The molecular formula is C20H23N3O5S. The van der Waals surface area contributed by atoms with Gasteiger partial charge in [-0.05, 0) is 43.7 Å². The molecule has 2 aromatic carbocycles. The van der Waals surface area contributed by atoms with E-state index in [1.165, 1.54) is 16.4 Å². The molecule has 1 aliphatic heterocycles. The molecule has 2 amide bonds. The third kappa shape index (κ3) is 4.81. The molecule has 1 saturated heterocycles. The predicted octanol–water partition coefficient (Wildman–Crippen LogP) is 1.40. The molecule has 3 rings (SSSR count). The second-order valence-corrected chi connectivity index (χ2v) is 8.68. The first-order valence-electron chi connectivity index (χ1n) is 9.15. The largest absolute Gasteiger partial charge is 0.379 e. The van der Waals surface area contributed by atoms with E-state index in [1.807, 2.05) is 6.92 Å². The lowest BCUT2D eigenvalue weighted by molar-refractivity contribution is 0.0730. The summed E-state index contributed by atoms with van der Waals surface area (Å²) >= 11 is 0. The minimum atomic E-state index is -3.74. The van der Waals surface area contributed by atoms with E-state index in [0.717, 1.165) is 5.56 Å². The van der Waals surface area contributed by atoms with Gasteiger partial charge in [0.05, 0.1) is 18.1 Å². The van der Waals surface area contributed by atoms with Gasteiger partial charge in [0.15, 0.2) is 0 Å². The third-order valence-corrected chi connectivity index (χ3v) is 6.68. The van der Waals surface area contributed by atoms with Crippen molar-refractivity contribution in [3.05, 3.63) is 64.7 Å². The van der Waals surface area contributed by atoms with Crippen LogP contribution in [0.5, 0.6) is 0 Å². The average molecular weight is 417 g/mol. The molecule has 0 bridgehead atoms. The highest BCUT2D eigenvalue weighted by atomic mass is 32.2. The summed E-state index contributed by atoms with van der Waals surface area (Å²) < 4.78 is 32.4. The maximum Gasteiger partial charge on any atom is 0.269 e. The summed E-state index contributed by atoms with van der Waals surface area (Å²) in [6.07, 6.45) is 0. The monoisotopic (exact) mass is 417 g/mol. The molecule has 8 nitrogen and oxygen atoms in total. The Morgan fingerprint density at radius 1 is 0.897 bits per heavy atom. The highest BCUT2D eigenvalue weighted by molar-refractivity contribution is 7.89. The fourth-order valence-corrected chi connectivity index (χ4v) is 4.57. The van der Waals surface area contributed by atoms with Crippen molar-refractivity contribution >= 4 is 21.8 Å². The van der Waals surface area contributed by atoms with E-state index in [9.17, 15) is 18.0 Å². The summed E-state index contributed by atoms with van der Waals surface area (Å²) in [5.74, 6) is -1.07. The van der Waals surface area contributed by atoms with Crippen LogP contribution in [0.1, 0.15) is 31.8 Å². The van der Waals surface area contributed by atoms with Crippen LogP contribution in [0.2, 0.25) is 0 Å². The van der Waals surface area contributed by atoms with Crippen molar-refractivity contribution in [1.29, 1.82) is 0 Å². The predicted molar refractivity (Wildman–Crippen MR) is 107 cm³/mol. The van der Waals surface area contributed by atoms with E-state index >= 15 is 0 Å². The molecule has 1 fully saturated rings. The molecule has 9 heteroatoms. The molecule has 0 aliphatic carbocycles. The van der Waals surface area contributed by atoms with Crippen LogP contribution in [0.4, 0.5) is 0 Å². The third-order valence-electron chi connectivity index (χ3n) is 4.64. The molecule has 0 aromatic heterocycles. The van der Waals surface area contributed by atoms with E-state index in [2.05, 4.69) is 10.9 Å². The highest BCUT2D eigenvalue weighted by Crippen LogP contribution is 2.22. The number of ether oxygens (including phenoxy) is 1. The second-order valence-electron chi connectivity index (χ2n) is 6.77. The number of hydrogen-bond acceptors (Lipinski definition) is 5. The van der Waals surface area contributed by atoms with E-state index < -0.39 is 21.8 Å². The number of aryl methyl sites for hydroxylation is 2. The Morgan fingerprint density at radius 2 is 1.45 bits per heavy atom. The standard InChI is InChI=1S/C20H23N3O5S/c1-14-3-6-16(7-4-14)19(24)21-22-20(25)17-8-5-15(2)18(13-17)29(26,27)23-9-11-28-12-10-23/h3-8,13H,9-12H2,1-2H3,(H,21,24)(H,22,25). The van der Waals surface area contributed by atoms with Gasteiger partial charge in [-0.1, -0.05) is 23.8 Å². The molecule has 1 aliphatic rings. The smallest absolute Gasteiger partial charge is 0.269 e. The number of benzene rings is 2. The quantitative estimate of drug-likeness (QED) is 0.732. The number of hydrogen-bond donors (Lipinski definition) is 2. The SMILES string of the molecule is Cc1ccc(C(=O)NNC(=O)c2ccc(C)c(S(=O)(=O)N3CCOCC3)c2)cc1. The first-order chi connectivity index (χ1) is 13.8. The van der Waals surface area contributed by atoms with Gasteiger partial charge in [0.25, 0.3) is 11.8 Å². The lowest BCUT2D eigenvalue weighted by atomic mass is 10.1. The number of sulfonamides is 1. The molecule has 0 atom stereocenters. The Balaban J connectivity index is 1.73. The number of rotatable bonds is 4. The number of hydrazine groups is 1. The lowest BCUT2D eigenvalue weighted by Gasteiger charge is -2.26. The van der Waals surface area contributed by atoms with E-state index in [1.54, 1.807) is 37.3 Å². The molecule has 154 valence electrons. The first kappa shape index (κ1) is 21.0. The van der Waals surface area contributed by atoms with Crippen LogP contribution < -0.4 is 10.9 Å². The molecule has 2 aromatic rings. The Morgan fingerprint density at radius 3 is 2.07 bits per heavy atom. The van der Waals surface area contributed by atoms with Crippen molar-refractivity contribution < 1.29 is 22.7 Å². The van der Waals surface area contributed by atoms with Crippen LogP contribution in [0.3, 0.4) is 0 Å². The zero-order valence-corrected chi connectivity index (χ0v) is 17.1. The summed E-state index contributed by atoms with van der Waals surface area (Å²) in [4.78, 5) is 24.7. The first-order valence-corrected chi connectivity index (χ1v) is 10.6. The Kier molecular flexibility index (Phi) is 6.31. The van der Waals surface area contributed by atoms with Gasteiger partial charge >= 0.3 is 0 Å². The van der Waals surface area contributed by atoms with Crippen LogP contribution in [0.15, 0.2) is 47.4 Å². The molecule has 2 N–H and O–H groups in total. The van der Waals surface area contributed by atoms with E-state index in [4.69, 9.17) is 4.74 Å². The Labute approximate surface area is 169 Å². The van der Waals surface area contributed by atoms with Crippen molar-refractivity contribution in [2.45, 2.75) is 18.7 Å². The fourth-order valence-electron chi connectivity index (χ4n) is 2.91. The normalized spacial score (nSPS) is 15.0. The minimum Gasteiger partial charge on any atom is -0.379 e. The van der Waals surface area contributed by atoms with Gasteiger partial charge in [-0.25, -0.2) is 8.42 Å². The van der Waals surface area contributed by atoms with Crippen LogP contribution in [-0.4, -0.2) is 50.8 Å². The van der Waals surface area contributed by atoms with E-state index in [-0.39, 0.29) is 23.5 Å². The number of carbonyl (C=O) groups is 2. The maximum absolute atomic E-state index is 12.9. The summed E-state index contributed by atoms with van der Waals surface area (Å²) in [5, 5.41) is 0. The number of carbonyl (C=O) groups excluding carboxylic acids is 2. The molecule has 0 radical (unpaired) electrons. The second kappa shape index (κ2) is 8.73. The van der Waals surface area contributed by atoms with Crippen molar-refractivity contribution in [1.82, 2.24) is 15.2 Å². The van der Waals surface area contributed by atoms with Gasteiger partial charge in [-0.2, -0.15) is 4.31 Å². The van der Waals surface area contributed by atoms with Crippen LogP contribution in [-0.2, 0) is 14.8 Å². The van der Waals surface area contributed by atoms with Crippen LogP contribution in [0, 0.1) is 13.8 Å². The van der Waals surface area contributed by atoms with Gasteiger partial charge in [-0.15, -0.1) is 0 Å². The number of nitrogens with one attached hydrogen (secondary N) is 2. The molecule has 1 heterocycles. The zero-order valence-electron chi connectivity index (χ0n) is 16.3. The minimum absolute atomic E-state index is 0.0666. The number of nitrogens with zero attached hydrogens (tertiary/aromatic N) is 1. The molecule has 0 saturated carbocycles.